The third kappa shape index (κ3) is 5.48. The molecule has 0 bridgehead atoms. The van der Waals surface area contributed by atoms with Gasteiger partial charge in [-0.3, -0.25) is 25.2 Å². The van der Waals surface area contributed by atoms with Gasteiger partial charge in [-0.15, -0.1) is 0 Å². The van der Waals surface area contributed by atoms with Crippen molar-refractivity contribution in [3.63, 3.8) is 0 Å². The Morgan fingerprint density at radius 3 is 2.21 bits per heavy atom. The van der Waals surface area contributed by atoms with Crippen molar-refractivity contribution in [1.29, 1.82) is 0 Å². The largest absolute Gasteiger partial charge is 0.493 e. The Balaban J connectivity index is 1.59. The molecular weight excluding hydrogens is 449 g/mol. The highest BCUT2D eigenvalue weighted by molar-refractivity contribution is 6.01. The highest BCUT2D eigenvalue weighted by Crippen LogP contribution is 2.42. The van der Waals surface area contributed by atoms with Crippen molar-refractivity contribution in [3.8, 4) is 23.0 Å². The lowest BCUT2D eigenvalue weighted by Gasteiger charge is -2.20. The van der Waals surface area contributed by atoms with Gasteiger partial charge in [0.15, 0.2) is 17.6 Å². The van der Waals surface area contributed by atoms with Crippen LogP contribution in [0.3, 0.4) is 0 Å². The zero-order chi connectivity index (χ0) is 24.8. The first-order valence-corrected chi connectivity index (χ1v) is 10.4. The van der Waals surface area contributed by atoms with E-state index < -0.39 is 29.7 Å². The van der Waals surface area contributed by atoms with E-state index in [-0.39, 0.29) is 18.9 Å². The lowest BCUT2D eigenvalue weighted by Crippen LogP contribution is -2.49. The minimum absolute atomic E-state index is 0.0417. The minimum atomic E-state index is -0.952. The number of amides is 3. The van der Waals surface area contributed by atoms with Gasteiger partial charge in [0, 0.05) is 25.1 Å². The summed E-state index contributed by atoms with van der Waals surface area (Å²) < 4.78 is 34.3. The first-order valence-electron chi connectivity index (χ1n) is 10.4. The third-order valence-electron chi connectivity index (χ3n) is 5.26. The molecule has 0 spiro atoms. The molecule has 3 amide bonds. The van der Waals surface area contributed by atoms with E-state index >= 15 is 0 Å². The van der Waals surface area contributed by atoms with Gasteiger partial charge >= 0.3 is 0 Å². The maximum atomic E-state index is 13.0. The Morgan fingerprint density at radius 1 is 1.03 bits per heavy atom. The molecule has 2 atom stereocenters. The van der Waals surface area contributed by atoms with E-state index in [4.69, 9.17) is 18.9 Å². The summed E-state index contributed by atoms with van der Waals surface area (Å²) >= 11 is 0. The molecule has 2 aromatic carbocycles. The van der Waals surface area contributed by atoms with Crippen molar-refractivity contribution in [3.05, 3.63) is 42.2 Å². The summed E-state index contributed by atoms with van der Waals surface area (Å²) in [5.41, 5.74) is 5.10. The number of ether oxygens (including phenoxy) is 4. The third-order valence-corrected chi connectivity index (χ3v) is 5.26. The number of benzene rings is 2. The van der Waals surface area contributed by atoms with Gasteiger partial charge in [-0.1, -0.05) is 0 Å². The van der Waals surface area contributed by atoms with E-state index in [0.29, 0.717) is 28.7 Å². The summed E-state index contributed by atoms with van der Waals surface area (Å²) in [5.74, 6) is -1.08. The molecule has 1 saturated heterocycles. The number of carbonyl (C=O) groups excluding carboxylic acids is 3. The summed E-state index contributed by atoms with van der Waals surface area (Å²) in [6, 6.07) is 8.43. The molecule has 1 aliphatic heterocycles. The summed E-state index contributed by atoms with van der Waals surface area (Å²) in [4.78, 5) is 38.9. The number of rotatable bonds is 8. The summed E-state index contributed by atoms with van der Waals surface area (Å²) in [6.07, 6.45) is -0.994. The monoisotopic (exact) mass is 475 g/mol. The van der Waals surface area contributed by atoms with Crippen LogP contribution in [0, 0.1) is 11.7 Å². The van der Waals surface area contributed by atoms with Gasteiger partial charge in [-0.2, -0.15) is 0 Å². The Hall–Kier alpha value is -4.02. The lowest BCUT2D eigenvalue weighted by atomic mass is 10.1. The van der Waals surface area contributed by atoms with E-state index in [1.54, 1.807) is 12.1 Å². The van der Waals surface area contributed by atoms with Crippen LogP contribution in [0.4, 0.5) is 10.1 Å². The number of carbonyl (C=O) groups is 3. The molecule has 1 aliphatic rings. The van der Waals surface area contributed by atoms with Crippen molar-refractivity contribution in [2.45, 2.75) is 19.4 Å². The topological polar surface area (TPSA) is 115 Å². The predicted molar refractivity (Wildman–Crippen MR) is 119 cm³/mol. The number of anilines is 1. The zero-order valence-corrected chi connectivity index (χ0v) is 19.2. The van der Waals surface area contributed by atoms with Gasteiger partial charge in [0.1, 0.15) is 11.6 Å². The van der Waals surface area contributed by atoms with Crippen molar-refractivity contribution < 1.29 is 37.7 Å². The number of hydrogen-bond donors (Lipinski definition) is 2. The molecule has 11 heteroatoms. The van der Waals surface area contributed by atoms with E-state index in [1.165, 1.54) is 57.4 Å². The zero-order valence-electron chi connectivity index (χ0n) is 19.2. The van der Waals surface area contributed by atoms with Crippen molar-refractivity contribution in [1.82, 2.24) is 10.9 Å². The molecule has 34 heavy (non-hydrogen) atoms. The van der Waals surface area contributed by atoms with E-state index in [2.05, 4.69) is 10.9 Å². The second-order valence-corrected chi connectivity index (χ2v) is 7.48. The molecule has 10 nitrogen and oxygen atoms in total. The maximum absolute atomic E-state index is 13.0. The smallest absolute Gasteiger partial charge is 0.279 e. The molecule has 2 N–H and O–H groups in total. The number of halogens is 1. The van der Waals surface area contributed by atoms with Crippen LogP contribution in [0.15, 0.2) is 36.4 Å². The van der Waals surface area contributed by atoms with E-state index in [1.807, 2.05) is 0 Å². The molecule has 1 fully saturated rings. The summed E-state index contributed by atoms with van der Waals surface area (Å²) in [6.45, 7) is 1.58. The first kappa shape index (κ1) is 24.6. The summed E-state index contributed by atoms with van der Waals surface area (Å²) in [5, 5.41) is 0. The first-order chi connectivity index (χ1) is 16.3. The molecule has 1 heterocycles. The fraction of sp³-hybridized carbons (Fsp3) is 0.348. The SMILES string of the molecule is COc1cc(N2CC(C(=O)NNC(=O)C(C)Oc3ccc(F)cc3)CC2=O)cc(OC)c1OC. The van der Waals surface area contributed by atoms with Crippen LogP contribution in [0.2, 0.25) is 0 Å². The molecular formula is C23H26FN3O7. The van der Waals surface area contributed by atoms with Gasteiger partial charge in [0.2, 0.25) is 17.6 Å². The van der Waals surface area contributed by atoms with Crippen LogP contribution in [0.25, 0.3) is 0 Å². The Morgan fingerprint density at radius 2 is 1.65 bits per heavy atom. The fourth-order valence-corrected chi connectivity index (χ4v) is 3.45. The van der Waals surface area contributed by atoms with E-state index in [0.717, 1.165) is 0 Å². The maximum Gasteiger partial charge on any atom is 0.279 e. The number of hydrogen-bond acceptors (Lipinski definition) is 7. The number of methoxy groups -OCH3 is 3. The normalized spacial score (nSPS) is 16.0. The van der Waals surface area contributed by atoms with E-state index in [9.17, 15) is 18.8 Å². The van der Waals surface area contributed by atoms with Gasteiger partial charge < -0.3 is 23.8 Å². The second-order valence-electron chi connectivity index (χ2n) is 7.48. The Kier molecular flexibility index (Phi) is 7.77. The molecule has 182 valence electrons. The lowest BCUT2D eigenvalue weighted by molar-refractivity contribution is -0.134. The van der Waals surface area contributed by atoms with Gasteiger partial charge in [0.05, 0.1) is 32.9 Å². The predicted octanol–water partition coefficient (Wildman–Crippen LogP) is 1.82. The van der Waals surface area contributed by atoms with Crippen molar-refractivity contribution >= 4 is 23.4 Å². The molecule has 2 unspecified atom stereocenters. The molecule has 0 aromatic heterocycles. The second kappa shape index (κ2) is 10.7. The van der Waals surface area contributed by atoms with Crippen LogP contribution >= 0.6 is 0 Å². The number of nitrogens with zero attached hydrogens (tertiary/aromatic N) is 1. The molecule has 0 saturated carbocycles. The van der Waals surface area contributed by atoms with Crippen molar-refractivity contribution in [2.24, 2.45) is 5.92 Å². The average molecular weight is 475 g/mol. The Bertz CT molecular complexity index is 1040. The number of nitrogens with one attached hydrogen (secondary N) is 2. The van der Waals surface area contributed by atoms with Crippen LogP contribution in [0.5, 0.6) is 23.0 Å². The van der Waals surface area contributed by atoms with Crippen LogP contribution < -0.4 is 34.7 Å². The van der Waals surface area contributed by atoms with Crippen LogP contribution in [-0.4, -0.2) is 51.7 Å². The molecule has 0 aliphatic carbocycles. The Labute approximate surface area is 195 Å². The molecule has 3 rings (SSSR count). The molecule has 2 aromatic rings. The van der Waals surface area contributed by atoms with Gasteiger partial charge in [0.25, 0.3) is 5.91 Å². The summed E-state index contributed by atoms with van der Waals surface area (Å²) in [7, 11) is 4.40. The van der Waals surface area contributed by atoms with Crippen LogP contribution in [-0.2, 0) is 14.4 Å². The minimum Gasteiger partial charge on any atom is -0.493 e. The van der Waals surface area contributed by atoms with Gasteiger partial charge in [-0.05, 0) is 31.2 Å². The van der Waals surface area contributed by atoms with Crippen LogP contribution in [0.1, 0.15) is 13.3 Å². The molecule has 0 radical (unpaired) electrons. The average Bonchev–Trinajstić information content (AvgIpc) is 3.24. The fourth-order valence-electron chi connectivity index (χ4n) is 3.45. The highest BCUT2D eigenvalue weighted by atomic mass is 19.1. The van der Waals surface area contributed by atoms with Crippen molar-refractivity contribution in [2.75, 3.05) is 32.8 Å². The highest BCUT2D eigenvalue weighted by Gasteiger charge is 2.36. The number of hydrazine groups is 1. The quantitative estimate of drug-likeness (QED) is 0.560. The van der Waals surface area contributed by atoms with Gasteiger partial charge in [-0.25, -0.2) is 4.39 Å². The standard InChI is InChI=1S/C23H26FN3O7/c1-13(34-17-7-5-15(24)6-8-17)22(29)25-26-23(30)14-9-20(28)27(12-14)16-10-18(31-2)21(33-4)19(11-16)32-3/h5-8,10-11,13-14H,9,12H2,1-4H3,(H,25,29)(H,26,30).